The molecular weight excluding hydrogens is 274 g/mol. The van der Waals surface area contributed by atoms with Gasteiger partial charge in [0.15, 0.2) is 5.82 Å². The third-order valence-corrected chi connectivity index (χ3v) is 2.97. The number of non-ortho nitro benzene ring substituents is 1. The second-order valence-corrected chi connectivity index (χ2v) is 4.76. The van der Waals surface area contributed by atoms with Crippen LogP contribution in [0.5, 0.6) is 5.75 Å². The predicted octanol–water partition coefficient (Wildman–Crippen LogP) is 1.80. The molecule has 8 nitrogen and oxygen atoms in total. The van der Waals surface area contributed by atoms with E-state index in [9.17, 15) is 10.1 Å². The number of nitrogens with two attached hydrogens (primary N) is 1. The highest BCUT2D eigenvalue weighted by atomic mass is 16.6. The van der Waals surface area contributed by atoms with Crippen molar-refractivity contribution in [2.24, 2.45) is 5.73 Å². The lowest BCUT2D eigenvalue weighted by atomic mass is 10.2. The lowest BCUT2D eigenvalue weighted by Crippen LogP contribution is -2.11. The summed E-state index contributed by atoms with van der Waals surface area (Å²) in [6.45, 7) is 4.38. The molecule has 0 amide bonds. The minimum Gasteiger partial charge on any atom is -0.485 e. The molecule has 0 bridgehead atoms. The van der Waals surface area contributed by atoms with Gasteiger partial charge < -0.3 is 10.5 Å². The molecule has 0 unspecified atom stereocenters. The quantitative estimate of drug-likeness (QED) is 0.642. The molecule has 2 aromatic rings. The molecular formula is C13H17N5O3. The Morgan fingerprint density at radius 2 is 2.24 bits per heavy atom. The van der Waals surface area contributed by atoms with E-state index >= 15 is 0 Å². The summed E-state index contributed by atoms with van der Waals surface area (Å²) < 4.78 is 7.43. The van der Waals surface area contributed by atoms with Crippen molar-refractivity contribution in [3.05, 3.63) is 46.0 Å². The van der Waals surface area contributed by atoms with Gasteiger partial charge in [-0.2, -0.15) is 5.10 Å². The van der Waals surface area contributed by atoms with E-state index in [-0.39, 0.29) is 24.9 Å². The summed E-state index contributed by atoms with van der Waals surface area (Å²) in [6.07, 6.45) is 1.47. The Balaban J connectivity index is 2.16. The molecule has 8 heteroatoms. The van der Waals surface area contributed by atoms with Gasteiger partial charge in [-0.3, -0.25) is 10.1 Å². The molecule has 0 atom stereocenters. The molecule has 0 spiro atoms. The number of rotatable bonds is 6. The minimum atomic E-state index is -0.460. The zero-order chi connectivity index (χ0) is 15.4. The fourth-order valence-corrected chi connectivity index (χ4v) is 1.93. The summed E-state index contributed by atoms with van der Waals surface area (Å²) in [5.74, 6) is 1.20. The number of nitrogens with zero attached hydrogens (tertiary/aromatic N) is 4. The van der Waals surface area contributed by atoms with E-state index in [1.165, 1.54) is 18.5 Å². The van der Waals surface area contributed by atoms with Crippen LogP contribution in [0.3, 0.4) is 0 Å². The van der Waals surface area contributed by atoms with Crippen LogP contribution < -0.4 is 10.5 Å². The fourth-order valence-electron chi connectivity index (χ4n) is 1.93. The number of benzene rings is 1. The number of ether oxygens (including phenoxy) is 1. The molecule has 2 N–H and O–H groups in total. The number of hydrogen-bond donors (Lipinski definition) is 1. The molecule has 0 fully saturated rings. The maximum Gasteiger partial charge on any atom is 0.270 e. The van der Waals surface area contributed by atoms with Crippen molar-refractivity contribution in [3.8, 4) is 5.75 Å². The Bertz CT molecular complexity index is 638. The smallest absolute Gasteiger partial charge is 0.270 e. The molecule has 1 aromatic carbocycles. The van der Waals surface area contributed by atoms with E-state index < -0.39 is 4.92 Å². The van der Waals surface area contributed by atoms with Crippen LogP contribution in [-0.2, 0) is 13.2 Å². The highest BCUT2D eigenvalue weighted by molar-refractivity contribution is 5.43. The van der Waals surface area contributed by atoms with Gasteiger partial charge in [0.2, 0.25) is 0 Å². The minimum absolute atomic E-state index is 0.00635. The van der Waals surface area contributed by atoms with Crippen LogP contribution in [0.15, 0.2) is 24.5 Å². The monoisotopic (exact) mass is 291 g/mol. The first-order valence-electron chi connectivity index (χ1n) is 6.51. The molecule has 0 aliphatic carbocycles. The molecule has 2 rings (SSSR count). The van der Waals surface area contributed by atoms with Gasteiger partial charge in [-0.15, -0.1) is 0 Å². The van der Waals surface area contributed by atoms with Crippen molar-refractivity contribution in [2.75, 3.05) is 0 Å². The molecule has 1 heterocycles. The van der Waals surface area contributed by atoms with Crippen molar-refractivity contribution < 1.29 is 9.66 Å². The van der Waals surface area contributed by atoms with Crippen molar-refractivity contribution in [1.29, 1.82) is 0 Å². The molecule has 1 aromatic heterocycles. The molecule has 0 radical (unpaired) electrons. The first-order chi connectivity index (χ1) is 10.0. The lowest BCUT2D eigenvalue weighted by molar-refractivity contribution is -0.384. The van der Waals surface area contributed by atoms with Gasteiger partial charge in [-0.1, -0.05) is 0 Å². The van der Waals surface area contributed by atoms with E-state index in [1.54, 1.807) is 10.7 Å². The normalized spacial score (nSPS) is 10.9. The van der Waals surface area contributed by atoms with Gasteiger partial charge in [0.05, 0.1) is 4.92 Å². The predicted molar refractivity (Wildman–Crippen MR) is 75.7 cm³/mol. The van der Waals surface area contributed by atoms with E-state index in [1.807, 2.05) is 13.8 Å². The topological polar surface area (TPSA) is 109 Å². The van der Waals surface area contributed by atoms with Crippen LogP contribution in [0.1, 0.15) is 31.3 Å². The van der Waals surface area contributed by atoms with Gasteiger partial charge >= 0.3 is 0 Å². The summed E-state index contributed by atoms with van der Waals surface area (Å²) >= 11 is 0. The number of nitro benzene ring substituents is 1. The summed E-state index contributed by atoms with van der Waals surface area (Å²) in [6, 6.07) is 4.54. The Morgan fingerprint density at radius 3 is 2.86 bits per heavy atom. The van der Waals surface area contributed by atoms with Crippen LogP contribution in [0.4, 0.5) is 5.69 Å². The summed E-state index contributed by atoms with van der Waals surface area (Å²) in [5, 5.41) is 14.9. The Kier molecular flexibility index (Phi) is 4.49. The zero-order valence-electron chi connectivity index (χ0n) is 11.9. The maximum absolute atomic E-state index is 10.7. The van der Waals surface area contributed by atoms with Crippen LogP contribution in [0, 0.1) is 10.1 Å². The summed E-state index contributed by atoms with van der Waals surface area (Å²) in [7, 11) is 0. The first-order valence-corrected chi connectivity index (χ1v) is 6.51. The molecule has 0 aliphatic heterocycles. The van der Waals surface area contributed by atoms with Gasteiger partial charge in [0.1, 0.15) is 18.7 Å². The zero-order valence-corrected chi connectivity index (χ0v) is 11.9. The van der Waals surface area contributed by atoms with Crippen LogP contribution in [0.2, 0.25) is 0 Å². The third-order valence-electron chi connectivity index (χ3n) is 2.97. The fraction of sp³-hybridized carbons (Fsp3) is 0.385. The van der Waals surface area contributed by atoms with E-state index in [0.717, 1.165) is 0 Å². The third kappa shape index (κ3) is 3.34. The molecule has 112 valence electrons. The number of hydrogen-bond acceptors (Lipinski definition) is 6. The van der Waals surface area contributed by atoms with Crippen LogP contribution in [0.25, 0.3) is 0 Å². The van der Waals surface area contributed by atoms with Crippen molar-refractivity contribution in [2.45, 2.75) is 33.0 Å². The Hall–Kier alpha value is -2.48. The Morgan fingerprint density at radius 1 is 1.48 bits per heavy atom. The average Bonchev–Trinajstić information content (AvgIpc) is 2.93. The highest BCUT2D eigenvalue weighted by Crippen LogP contribution is 2.24. The highest BCUT2D eigenvalue weighted by Gasteiger charge is 2.13. The van der Waals surface area contributed by atoms with E-state index in [4.69, 9.17) is 10.5 Å². The van der Waals surface area contributed by atoms with Crippen molar-refractivity contribution >= 4 is 5.69 Å². The maximum atomic E-state index is 10.7. The first kappa shape index (κ1) is 14.9. The van der Waals surface area contributed by atoms with Crippen LogP contribution in [-0.4, -0.2) is 19.7 Å². The average molecular weight is 291 g/mol. The van der Waals surface area contributed by atoms with Crippen molar-refractivity contribution in [1.82, 2.24) is 14.8 Å². The summed E-state index contributed by atoms with van der Waals surface area (Å²) in [4.78, 5) is 14.4. The van der Waals surface area contributed by atoms with Gasteiger partial charge in [-0.05, 0) is 19.9 Å². The second-order valence-electron chi connectivity index (χ2n) is 4.76. The number of nitro groups is 1. The Labute approximate surface area is 121 Å². The SMILES string of the molecule is CC(C)n1ncnc1COc1ccc([N+](=O)[O-])cc1CN. The lowest BCUT2D eigenvalue weighted by Gasteiger charge is -2.12. The standard InChI is InChI=1S/C13H17N5O3/c1-9(2)17-13(15-8-16-17)7-21-12-4-3-11(18(19)20)5-10(12)6-14/h3-5,8-9H,6-7,14H2,1-2H3. The molecule has 0 aliphatic rings. The van der Waals surface area contributed by atoms with Crippen molar-refractivity contribution in [3.63, 3.8) is 0 Å². The summed E-state index contributed by atoms with van der Waals surface area (Å²) in [5.41, 5.74) is 6.19. The molecule has 0 saturated carbocycles. The number of aromatic nitrogens is 3. The van der Waals surface area contributed by atoms with E-state index in [2.05, 4.69) is 10.1 Å². The van der Waals surface area contributed by atoms with Crippen LogP contribution >= 0.6 is 0 Å². The molecule has 0 saturated heterocycles. The largest absolute Gasteiger partial charge is 0.485 e. The van der Waals surface area contributed by atoms with Gasteiger partial charge in [0.25, 0.3) is 5.69 Å². The second kappa shape index (κ2) is 6.31. The van der Waals surface area contributed by atoms with E-state index in [0.29, 0.717) is 17.1 Å². The van der Waals surface area contributed by atoms with Gasteiger partial charge in [0, 0.05) is 30.3 Å². The van der Waals surface area contributed by atoms with Gasteiger partial charge in [-0.25, -0.2) is 9.67 Å². The molecule has 21 heavy (non-hydrogen) atoms.